The van der Waals surface area contributed by atoms with Gasteiger partial charge in [0.25, 0.3) is 0 Å². The average Bonchev–Trinajstić information content (AvgIpc) is 2.35. The van der Waals surface area contributed by atoms with Crippen molar-refractivity contribution in [2.75, 3.05) is 13.7 Å². The third-order valence-electron chi connectivity index (χ3n) is 2.62. The first-order chi connectivity index (χ1) is 8.69. The van der Waals surface area contributed by atoms with Gasteiger partial charge in [-0.05, 0) is 37.8 Å². The summed E-state index contributed by atoms with van der Waals surface area (Å²) < 4.78 is 11.2. The van der Waals surface area contributed by atoms with E-state index in [-0.39, 0.29) is 6.04 Å². The summed E-state index contributed by atoms with van der Waals surface area (Å²) in [6.45, 7) is 6.35. The minimum Gasteiger partial charge on any atom is -0.493 e. The van der Waals surface area contributed by atoms with Crippen molar-refractivity contribution in [2.45, 2.75) is 32.2 Å². The van der Waals surface area contributed by atoms with Crippen molar-refractivity contribution in [3.05, 3.63) is 36.4 Å². The highest BCUT2D eigenvalue weighted by atomic mass is 16.5. The molecule has 0 fully saturated rings. The summed E-state index contributed by atoms with van der Waals surface area (Å²) in [6, 6.07) is 6.02. The third-order valence-corrected chi connectivity index (χ3v) is 2.62. The molecular formula is C15H23NO2. The molecule has 1 rings (SSSR count). The Kier molecular flexibility index (Phi) is 6.29. The van der Waals surface area contributed by atoms with Gasteiger partial charge >= 0.3 is 0 Å². The van der Waals surface area contributed by atoms with Gasteiger partial charge in [0.2, 0.25) is 0 Å². The molecule has 18 heavy (non-hydrogen) atoms. The second-order valence-electron chi connectivity index (χ2n) is 4.41. The van der Waals surface area contributed by atoms with Crippen LogP contribution >= 0.6 is 0 Å². The SMILES string of the molecule is C=CCCCOc1c(CC(C)N)cccc1OC. The summed E-state index contributed by atoms with van der Waals surface area (Å²) in [7, 11) is 1.65. The van der Waals surface area contributed by atoms with Gasteiger partial charge in [0.05, 0.1) is 13.7 Å². The van der Waals surface area contributed by atoms with Crippen LogP contribution in [0.25, 0.3) is 0 Å². The van der Waals surface area contributed by atoms with E-state index in [1.165, 1.54) is 0 Å². The molecule has 0 aliphatic heterocycles. The van der Waals surface area contributed by atoms with Gasteiger partial charge in [0.1, 0.15) is 0 Å². The van der Waals surface area contributed by atoms with Gasteiger partial charge in [-0.25, -0.2) is 0 Å². The second-order valence-corrected chi connectivity index (χ2v) is 4.41. The van der Waals surface area contributed by atoms with Crippen LogP contribution in [0.3, 0.4) is 0 Å². The van der Waals surface area contributed by atoms with Crippen molar-refractivity contribution >= 4 is 0 Å². The molecule has 3 nitrogen and oxygen atoms in total. The topological polar surface area (TPSA) is 44.5 Å². The Hall–Kier alpha value is -1.48. The predicted molar refractivity (Wildman–Crippen MR) is 75.3 cm³/mol. The zero-order chi connectivity index (χ0) is 13.4. The Morgan fingerprint density at radius 3 is 2.83 bits per heavy atom. The van der Waals surface area contributed by atoms with Gasteiger partial charge in [-0.2, -0.15) is 0 Å². The molecule has 0 radical (unpaired) electrons. The summed E-state index contributed by atoms with van der Waals surface area (Å²) in [5.41, 5.74) is 6.95. The lowest BCUT2D eigenvalue weighted by Crippen LogP contribution is -2.18. The lowest BCUT2D eigenvalue weighted by Gasteiger charge is -2.16. The van der Waals surface area contributed by atoms with E-state index in [9.17, 15) is 0 Å². The summed E-state index contributed by atoms with van der Waals surface area (Å²) in [5, 5.41) is 0. The van der Waals surface area contributed by atoms with Crippen molar-refractivity contribution in [1.82, 2.24) is 0 Å². The molecule has 0 aliphatic rings. The van der Waals surface area contributed by atoms with E-state index in [2.05, 4.69) is 6.58 Å². The molecule has 3 heteroatoms. The molecule has 0 heterocycles. The molecule has 0 saturated carbocycles. The number of para-hydroxylation sites is 1. The van der Waals surface area contributed by atoms with Crippen LogP contribution in [-0.2, 0) is 6.42 Å². The third kappa shape index (κ3) is 4.41. The summed E-state index contributed by atoms with van der Waals surface area (Å²) >= 11 is 0. The van der Waals surface area contributed by atoms with E-state index in [0.717, 1.165) is 36.3 Å². The molecule has 1 atom stereocenters. The van der Waals surface area contributed by atoms with Crippen molar-refractivity contribution < 1.29 is 9.47 Å². The average molecular weight is 249 g/mol. The van der Waals surface area contributed by atoms with Crippen molar-refractivity contribution in [3.8, 4) is 11.5 Å². The first kappa shape index (κ1) is 14.6. The van der Waals surface area contributed by atoms with Crippen LogP contribution in [0.1, 0.15) is 25.3 Å². The van der Waals surface area contributed by atoms with Gasteiger partial charge in [0.15, 0.2) is 11.5 Å². The van der Waals surface area contributed by atoms with Gasteiger partial charge in [-0.3, -0.25) is 0 Å². The quantitative estimate of drug-likeness (QED) is 0.569. The molecule has 1 unspecified atom stereocenters. The van der Waals surface area contributed by atoms with Gasteiger partial charge in [-0.1, -0.05) is 18.2 Å². The fourth-order valence-corrected chi connectivity index (χ4v) is 1.80. The minimum atomic E-state index is 0.104. The molecule has 2 N–H and O–H groups in total. The van der Waals surface area contributed by atoms with Crippen LogP contribution < -0.4 is 15.2 Å². The van der Waals surface area contributed by atoms with E-state index in [0.29, 0.717) is 6.61 Å². The van der Waals surface area contributed by atoms with E-state index in [1.807, 2.05) is 31.2 Å². The molecule has 0 aromatic heterocycles. The lowest BCUT2D eigenvalue weighted by atomic mass is 10.1. The first-order valence-corrected chi connectivity index (χ1v) is 6.34. The predicted octanol–water partition coefficient (Wildman–Crippen LogP) is 2.93. The van der Waals surface area contributed by atoms with E-state index in [4.69, 9.17) is 15.2 Å². The summed E-state index contributed by atoms with van der Waals surface area (Å²) in [5.74, 6) is 1.59. The van der Waals surface area contributed by atoms with E-state index in [1.54, 1.807) is 7.11 Å². The van der Waals surface area contributed by atoms with Crippen LogP contribution in [-0.4, -0.2) is 19.8 Å². The smallest absolute Gasteiger partial charge is 0.164 e. The molecule has 0 bridgehead atoms. The van der Waals surface area contributed by atoms with Gasteiger partial charge in [-0.15, -0.1) is 6.58 Å². The highest BCUT2D eigenvalue weighted by Gasteiger charge is 2.11. The first-order valence-electron chi connectivity index (χ1n) is 6.34. The fourth-order valence-electron chi connectivity index (χ4n) is 1.80. The zero-order valence-electron chi connectivity index (χ0n) is 11.3. The van der Waals surface area contributed by atoms with Crippen molar-refractivity contribution in [1.29, 1.82) is 0 Å². The number of hydrogen-bond acceptors (Lipinski definition) is 3. The maximum absolute atomic E-state index is 5.85. The van der Waals surface area contributed by atoms with Crippen LogP contribution in [0.5, 0.6) is 11.5 Å². The molecule has 1 aromatic rings. The number of nitrogens with two attached hydrogens (primary N) is 1. The maximum Gasteiger partial charge on any atom is 0.164 e. The molecule has 0 saturated heterocycles. The molecule has 0 spiro atoms. The minimum absolute atomic E-state index is 0.104. The monoisotopic (exact) mass is 249 g/mol. The fraction of sp³-hybridized carbons (Fsp3) is 0.467. The summed E-state index contributed by atoms with van der Waals surface area (Å²) in [6.07, 6.45) is 4.60. The van der Waals surface area contributed by atoms with Crippen LogP contribution in [0.2, 0.25) is 0 Å². The summed E-state index contributed by atoms with van der Waals surface area (Å²) in [4.78, 5) is 0. The maximum atomic E-state index is 5.85. The lowest BCUT2D eigenvalue weighted by molar-refractivity contribution is 0.287. The number of ether oxygens (including phenoxy) is 2. The van der Waals surface area contributed by atoms with Crippen LogP contribution in [0, 0.1) is 0 Å². The highest BCUT2D eigenvalue weighted by molar-refractivity contribution is 5.47. The number of allylic oxidation sites excluding steroid dienone is 1. The Labute approximate surface area is 110 Å². The molecular weight excluding hydrogens is 226 g/mol. The van der Waals surface area contributed by atoms with Crippen LogP contribution in [0.15, 0.2) is 30.9 Å². The Morgan fingerprint density at radius 1 is 1.44 bits per heavy atom. The molecule has 0 aliphatic carbocycles. The number of benzene rings is 1. The van der Waals surface area contributed by atoms with E-state index >= 15 is 0 Å². The molecule has 1 aromatic carbocycles. The van der Waals surface area contributed by atoms with Crippen LogP contribution in [0.4, 0.5) is 0 Å². The van der Waals surface area contributed by atoms with Crippen molar-refractivity contribution in [3.63, 3.8) is 0 Å². The number of methoxy groups -OCH3 is 1. The largest absolute Gasteiger partial charge is 0.493 e. The standard InChI is InChI=1S/C15H23NO2/c1-4-5-6-10-18-15-13(11-12(2)16)8-7-9-14(15)17-3/h4,7-9,12H,1,5-6,10-11,16H2,2-3H3. The van der Waals surface area contributed by atoms with Gasteiger partial charge in [0, 0.05) is 6.04 Å². The van der Waals surface area contributed by atoms with Crippen molar-refractivity contribution in [2.24, 2.45) is 5.73 Å². The Bertz CT molecular complexity index is 375. The normalized spacial score (nSPS) is 11.9. The highest BCUT2D eigenvalue weighted by Crippen LogP contribution is 2.31. The Balaban J connectivity index is 2.79. The number of hydrogen-bond donors (Lipinski definition) is 1. The number of rotatable bonds is 8. The Morgan fingerprint density at radius 2 is 2.22 bits per heavy atom. The molecule has 0 amide bonds. The second kappa shape index (κ2) is 7.77. The van der Waals surface area contributed by atoms with Gasteiger partial charge < -0.3 is 15.2 Å². The molecule has 100 valence electrons. The number of unbranched alkanes of at least 4 members (excludes halogenated alkanes) is 1. The zero-order valence-corrected chi connectivity index (χ0v) is 11.3. The van der Waals surface area contributed by atoms with E-state index < -0.39 is 0 Å².